The lowest BCUT2D eigenvalue weighted by Crippen LogP contribution is -2.34. The van der Waals surface area contributed by atoms with Crippen LogP contribution in [0.5, 0.6) is 0 Å². The lowest BCUT2D eigenvalue weighted by Gasteiger charge is -2.27. The summed E-state index contributed by atoms with van der Waals surface area (Å²) in [6.45, 7) is 1.41. The number of halogens is 1. The van der Waals surface area contributed by atoms with Gasteiger partial charge in [-0.25, -0.2) is 4.98 Å². The number of hydrogen-bond donors (Lipinski definition) is 0. The molecule has 0 N–H and O–H groups in total. The van der Waals surface area contributed by atoms with E-state index in [4.69, 9.17) is 11.6 Å². The molecule has 6 heteroatoms. The van der Waals surface area contributed by atoms with Crippen LogP contribution in [-0.2, 0) is 4.79 Å². The van der Waals surface area contributed by atoms with Crippen molar-refractivity contribution in [1.29, 1.82) is 0 Å². The summed E-state index contributed by atoms with van der Waals surface area (Å²) in [6, 6.07) is 8.16. The molecule has 3 aromatic rings. The van der Waals surface area contributed by atoms with Crippen LogP contribution in [0.3, 0.4) is 0 Å². The third-order valence-electron chi connectivity index (χ3n) is 3.80. The van der Waals surface area contributed by atoms with E-state index in [2.05, 4.69) is 27.0 Å². The van der Waals surface area contributed by atoms with E-state index in [0.29, 0.717) is 31.7 Å². The molecule has 4 nitrogen and oxygen atoms in total. The number of piperidine rings is 1. The molecular formula is C15H12ClN3OS. The van der Waals surface area contributed by atoms with Crippen molar-refractivity contribution in [3.8, 4) is 0 Å². The van der Waals surface area contributed by atoms with Crippen LogP contribution in [-0.4, -0.2) is 28.8 Å². The van der Waals surface area contributed by atoms with Crippen molar-refractivity contribution in [3.05, 3.63) is 29.5 Å². The molecule has 0 aliphatic carbocycles. The Bertz CT molecular complexity index is 851. The number of ketones is 1. The number of hydrogen-bond acceptors (Lipinski definition) is 5. The Morgan fingerprint density at radius 2 is 1.90 bits per heavy atom. The number of aromatic nitrogens is 2. The first-order valence-corrected chi connectivity index (χ1v) is 8.03. The first-order valence-electron chi connectivity index (χ1n) is 6.84. The molecule has 21 heavy (non-hydrogen) atoms. The summed E-state index contributed by atoms with van der Waals surface area (Å²) in [5.74, 6) is 1.18. The second kappa shape index (κ2) is 4.93. The third kappa shape index (κ3) is 2.17. The Balaban J connectivity index is 1.93. The van der Waals surface area contributed by atoms with Crippen molar-refractivity contribution in [2.75, 3.05) is 18.0 Å². The van der Waals surface area contributed by atoms with E-state index in [0.717, 1.165) is 21.4 Å². The first-order chi connectivity index (χ1) is 10.2. The fourth-order valence-corrected chi connectivity index (χ4v) is 4.06. The minimum Gasteiger partial charge on any atom is -0.354 e. The highest BCUT2D eigenvalue weighted by atomic mass is 35.5. The number of Topliss-reactive ketones (excluding diaryl/α,β-unsaturated/α-hetero) is 1. The Morgan fingerprint density at radius 3 is 2.71 bits per heavy atom. The number of thiophene rings is 1. The maximum absolute atomic E-state index is 11.4. The van der Waals surface area contributed by atoms with E-state index in [1.54, 1.807) is 11.3 Å². The van der Waals surface area contributed by atoms with Gasteiger partial charge < -0.3 is 4.90 Å². The van der Waals surface area contributed by atoms with Gasteiger partial charge in [0.05, 0.1) is 10.2 Å². The molecule has 0 radical (unpaired) electrons. The molecule has 1 fully saturated rings. The second-order valence-electron chi connectivity index (χ2n) is 5.12. The van der Waals surface area contributed by atoms with Gasteiger partial charge in [0.15, 0.2) is 5.82 Å². The van der Waals surface area contributed by atoms with Gasteiger partial charge in [0.2, 0.25) is 5.28 Å². The van der Waals surface area contributed by atoms with Crippen LogP contribution in [0.25, 0.3) is 20.3 Å². The number of benzene rings is 1. The fourth-order valence-electron chi connectivity index (χ4n) is 2.73. The Labute approximate surface area is 130 Å². The Morgan fingerprint density at radius 1 is 1.14 bits per heavy atom. The lowest BCUT2D eigenvalue weighted by atomic mass is 10.1. The smallest absolute Gasteiger partial charge is 0.224 e. The average Bonchev–Trinajstić information content (AvgIpc) is 2.86. The van der Waals surface area contributed by atoms with Crippen molar-refractivity contribution in [2.24, 2.45) is 0 Å². The van der Waals surface area contributed by atoms with Gasteiger partial charge in [0, 0.05) is 36.0 Å². The third-order valence-corrected chi connectivity index (χ3v) is 5.12. The van der Waals surface area contributed by atoms with Crippen LogP contribution in [0, 0.1) is 0 Å². The van der Waals surface area contributed by atoms with E-state index >= 15 is 0 Å². The summed E-state index contributed by atoms with van der Waals surface area (Å²) < 4.78 is 2.23. The monoisotopic (exact) mass is 317 g/mol. The number of anilines is 1. The molecule has 106 valence electrons. The molecule has 0 unspecified atom stereocenters. The van der Waals surface area contributed by atoms with Crippen molar-refractivity contribution in [2.45, 2.75) is 12.8 Å². The zero-order valence-corrected chi connectivity index (χ0v) is 12.7. The maximum Gasteiger partial charge on any atom is 0.224 e. The van der Waals surface area contributed by atoms with Gasteiger partial charge in [-0.3, -0.25) is 4.79 Å². The first kappa shape index (κ1) is 13.0. The van der Waals surface area contributed by atoms with E-state index in [1.807, 2.05) is 12.1 Å². The summed E-state index contributed by atoms with van der Waals surface area (Å²) in [5, 5.41) is 1.37. The van der Waals surface area contributed by atoms with Crippen molar-refractivity contribution >= 4 is 54.8 Å². The van der Waals surface area contributed by atoms with E-state index < -0.39 is 0 Å². The number of rotatable bonds is 1. The molecule has 1 aliphatic rings. The Hall–Kier alpha value is -1.72. The van der Waals surface area contributed by atoms with Gasteiger partial charge in [-0.2, -0.15) is 4.98 Å². The molecule has 1 aromatic carbocycles. The zero-order chi connectivity index (χ0) is 14.4. The molecular weight excluding hydrogens is 306 g/mol. The average molecular weight is 318 g/mol. The van der Waals surface area contributed by atoms with Crippen LogP contribution in [0.15, 0.2) is 24.3 Å². The SMILES string of the molecule is O=C1CCN(c2nc(Cl)nc3c2sc2ccccc23)CC1. The standard InChI is InChI=1S/C15H12ClN3OS/c16-15-17-12-10-3-1-2-4-11(10)21-13(12)14(18-15)19-7-5-9(20)6-8-19/h1-4H,5-8H2. The molecule has 0 spiro atoms. The molecule has 1 saturated heterocycles. The van der Waals surface area contributed by atoms with Gasteiger partial charge >= 0.3 is 0 Å². The normalized spacial score (nSPS) is 16.0. The summed E-state index contributed by atoms with van der Waals surface area (Å²) in [5.41, 5.74) is 0.905. The van der Waals surface area contributed by atoms with Crippen LogP contribution in [0.2, 0.25) is 5.28 Å². The van der Waals surface area contributed by atoms with Gasteiger partial charge in [0.25, 0.3) is 0 Å². The zero-order valence-electron chi connectivity index (χ0n) is 11.2. The fraction of sp³-hybridized carbons (Fsp3) is 0.267. The summed E-state index contributed by atoms with van der Waals surface area (Å²) >= 11 is 7.80. The minimum absolute atomic E-state index is 0.262. The van der Waals surface area contributed by atoms with Crippen LogP contribution in [0.4, 0.5) is 5.82 Å². The van der Waals surface area contributed by atoms with Crippen LogP contribution >= 0.6 is 22.9 Å². The molecule has 2 aromatic heterocycles. The molecule has 4 rings (SSSR count). The number of carbonyl (C=O) groups is 1. The number of carbonyl (C=O) groups excluding carboxylic acids is 1. The Kier molecular flexibility index (Phi) is 3.05. The molecule has 1 aliphatic heterocycles. The van der Waals surface area contributed by atoms with Crippen LogP contribution in [0.1, 0.15) is 12.8 Å². The topological polar surface area (TPSA) is 46.1 Å². The molecule has 0 atom stereocenters. The molecule has 3 heterocycles. The highest BCUT2D eigenvalue weighted by molar-refractivity contribution is 7.26. The number of fused-ring (bicyclic) bond motifs is 3. The summed E-state index contributed by atoms with van der Waals surface area (Å²) in [6.07, 6.45) is 1.15. The predicted octanol–water partition coefficient (Wildman–Crippen LogP) is 3.67. The van der Waals surface area contributed by atoms with Crippen molar-refractivity contribution in [1.82, 2.24) is 9.97 Å². The van der Waals surface area contributed by atoms with E-state index in [-0.39, 0.29) is 5.28 Å². The molecule has 0 bridgehead atoms. The minimum atomic E-state index is 0.262. The van der Waals surface area contributed by atoms with Crippen LogP contribution < -0.4 is 4.90 Å². The number of nitrogens with zero attached hydrogens (tertiary/aromatic N) is 3. The quantitative estimate of drug-likeness (QED) is 0.642. The predicted molar refractivity (Wildman–Crippen MR) is 86.4 cm³/mol. The largest absolute Gasteiger partial charge is 0.354 e. The second-order valence-corrected chi connectivity index (χ2v) is 6.51. The van der Waals surface area contributed by atoms with Gasteiger partial charge in [-0.1, -0.05) is 18.2 Å². The van der Waals surface area contributed by atoms with E-state index in [9.17, 15) is 4.79 Å². The van der Waals surface area contributed by atoms with Crippen molar-refractivity contribution < 1.29 is 4.79 Å². The van der Waals surface area contributed by atoms with Gasteiger partial charge in [-0.05, 0) is 17.7 Å². The molecule has 0 saturated carbocycles. The van der Waals surface area contributed by atoms with Crippen molar-refractivity contribution in [3.63, 3.8) is 0 Å². The van der Waals surface area contributed by atoms with Gasteiger partial charge in [0.1, 0.15) is 5.78 Å². The molecule has 0 amide bonds. The summed E-state index contributed by atoms with van der Waals surface area (Å²) in [4.78, 5) is 22.4. The highest BCUT2D eigenvalue weighted by Gasteiger charge is 2.22. The summed E-state index contributed by atoms with van der Waals surface area (Å²) in [7, 11) is 0. The highest BCUT2D eigenvalue weighted by Crippen LogP contribution is 2.38. The van der Waals surface area contributed by atoms with Gasteiger partial charge in [-0.15, -0.1) is 11.3 Å². The maximum atomic E-state index is 11.4. The van der Waals surface area contributed by atoms with E-state index in [1.165, 1.54) is 4.70 Å². The lowest BCUT2D eigenvalue weighted by molar-refractivity contribution is -0.119.